The highest BCUT2D eigenvalue weighted by Crippen LogP contribution is 2.41. The molecule has 0 amide bonds. The Labute approximate surface area is 139 Å². The van der Waals surface area contributed by atoms with Crippen LogP contribution in [-0.4, -0.2) is 32.4 Å². The molecule has 0 bridgehead atoms. The summed E-state index contributed by atoms with van der Waals surface area (Å²) in [5.74, 6) is -0.0708. The predicted octanol–water partition coefficient (Wildman–Crippen LogP) is 3.73. The average Bonchev–Trinajstić information content (AvgIpc) is 2.60. The number of carbonyl (C=O) groups excluding carboxylic acids is 1. The number of ether oxygens (including phenoxy) is 3. The fraction of sp³-hybridized carbons (Fsp3) is 0.632. The first-order valence-electron chi connectivity index (χ1n) is 8.52. The molecule has 0 aromatic heterocycles. The molecule has 2 rings (SSSR count). The normalized spacial score (nSPS) is 24.3. The Bertz CT molecular complexity index is 464. The van der Waals surface area contributed by atoms with Gasteiger partial charge < -0.3 is 14.2 Å². The van der Waals surface area contributed by atoms with Crippen LogP contribution in [0.4, 0.5) is 0 Å². The van der Waals surface area contributed by atoms with Crippen molar-refractivity contribution in [2.45, 2.75) is 51.7 Å². The Kier molecular flexibility index (Phi) is 7.06. The molecule has 4 heteroatoms. The maximum absolute atomic E-state index is 12.4. The van der Waals surface area contributed by atoms with Crippen molar-refractivity contribution in [3.63, 3.8) is 0 Å². The lowest BCUT2D eigenvalue weighted by molar-refractivity contribution is -0.161. The minimum atomic E-state index is -0.390. The van der Waals surface area contributed by atoms with Crippen molar-refractivity contribution in [3.8, 4) is 0 Å². The van der Waals surface area contributed by atoms with E-state index in [4.69, 9.17) is 14.2 Å². The molecule has 4 nitrogen and oxygen atoms in total. The zero-order chi connectivity index (χ0) is 16.5. The second-order valence-corrected chi connectivity index (χ2v) is 6.24. The lowest BCUT2D eigenvalue weighted by Gasteiger charge is -2.38. The fourth-order valence-corrected chi connectivity index (χ4v) is 3.24. The van der Waals surface area contributed by atoms with Gasteiger partial charge in [-0.05, 0) is 44.6 Å². The Morgan fingerprint density at radius 3 is 2.52 bits per heavy atom. The van der Waals surface area contributed by atoms with E-state index in [-0.39, 0.29) is 12.1 Å². The molecule has 1 fully saturated rings. The Balaban J connectivity index is 1.86. The molecule has 0 unspecified atom stereocenters. The molecular weight excluding hydrogens is 292 g/mol. The van der Waals surface area contributed by atoms with Crippen LogP contribution in [0.5, 0.6) is 0 Å². The molecule has 128 valence electrons. The number of hydrogen-bond donors (Lipinski definition) is 0. The van der Waals surface area contributed by atoms with Crippen molar-refractivity contribution in [3.05, 3.63) is 35.9 Å². The van der Waals surface area contributed by atoms with Crippen molar-refractivity contribution in [2.75, 3.05) is 20.3 Å². The number of benzene rings is 1. The van der Waals surface area contributed by atoms with Gasteiger partial charge in [-0.3, -0.25) is 4.79 Å². The Morgan fingerprint density at radius 1 is 1.22 bits per heavy atom. The molecule has 1 aromatic carbocycles. The molecule has 0 spiro atoms. The number of hydrogen-bond acceptors (Lipinski definition) is 4. The van der Waals surface area contributed by atoms with Crippen LogP contribution in [0.1, 0.15) is 44.6 Å². The molecule has 1 aromatic rings. The molecule has 0 radical (unpaired) electrons. The zero-order valence-corrected chi connectivity index (χ0v) is 14.3. The SMILES string of the molecule is CCOC(=O)[C@]1(CCOC)CC[C@@H](OCc2ccccc2)CC1. The number of esters is 1. The van der Waals surface area contributed by atoms with Gasteiger partial charge in [-0.2, -0.15) is 0 Å². The lowest BCUT2D eigenvalue weighted by Crippen LogP contribution is -2.39. The van der Waals surface area contributed by atoms with Gasteiger partial charge >= 0.3 is 5.97 Å². The highest BCUT2D eigenvalue weighted by molar-refractivity contribution is 5.77. The van der Waals surface area contributed by atoms with E-state index < -0.39 is 5.41 Å². The van der Waals surface area contributed by atoms with Gasteiger partial charge in [0, 0.05) is 13.7 Å². The second-order valence-electron chi connectivity index (χ2n) is 6.24. The third kappa shape index (κ3) is 5.05. The maximum Gasteiger partial charge on any atom is 0.312 e. The van der Waals surface area contributed by atoms with Crippen molar-refractivity contribution in [2.24, 2.45) is 5.41 Å². The average molecular weight is 320 g/mol. The first kappa shape index (κ1) is 18.0. The van der Waals surface area contributed by atoms with Gasteiger partial charge in [-0.25, -0.2) is 0 Å². The summed E-state index contributed by atoms with van der Waals surface area (Å²) in [6.07, 6.45) is 4.38. The van der Waals surface area contributed by atoms with Gasteiger partial charge in [-0.1, -0.05) is 30.3 Å². The molecule has 1 aliphatic carbocycles. The van der Waals surface area contributed by atoms with Crippen molar-refractivity contribution < 1.29 is 19.0 Å². The van der Waals surface area contributed by atoms with Crippen molar-refractivity contribution in [1.29, 1.82) is 0 Å². The van der Waals surface area contributed by atoms with Crippen LogP contribution >= 0.6 is 0 Å². The monoisotopic (exact) mass is 320 g/mol. The molecule has 1 saturated carbocycles. The third-order valence-corrected chi connectivity index (χ3v) is 4.71. The minimum absolute atomic E-state index is 0.0708. The van der Waals surface area contributed by atoms with Gasteiger partial charge in [0.05, 0.1) is 24.7 Å². The molecular formula is C19H28O4. The molecule has 0 atom stereocenters. The van der Waals surface area contributed by atoms with E-state index in [1.807, 2.05) is 25.1 Å². The summed E-state index contributed by atoms with van der Waals surface area (Å²) in [7, 11) is 1.67. The highest BCUT2D eigenvalue weighted by Gasteiger charge is 2.42. The van der Waals surface area contributed by atoms with E-state index in [0.717, 1.165) is 32.1 Å². The predicted molar refractivity (Wildman–Crippen MR) is 89.0 cm³/mol. The van der Waals surface area contributed by atoms with Crippen LogP contribution in [0.3, 0.4) is 0 Å². The van der Waals surface area contributed by atoms with Gasteiger partial charge in [0.15, 0.2) is 0 Å². The van der Waals surface area contributed by atoms with Crippen molar-refractivity contribution in [1.82, 2.24) is 0 Å². The summed E-state index contributed by atoms with van der Waals surface area (Å²) in [5.41, 5.74) is 0.799. The van der Waals surface area contributed by atoms with E-state index in [2.05, 4.69) is 12.1 Å². The molecule has 0 aliphatic heterocycles. The third-order valence-electron chi connectivity index (χ3n) is 4.71. The van der Waals surface area contributed by atoms with Crippen LogP contribution < -0.4 is 0 Å². The second kappa shape index (κ2) is 9.04. The smallest absolute Gasteiger partial charge is 0.312 e. The molecule has 23 heavy (non-hydrogen) atoms. The Morgan fingerprint density at radius 2 is 1.91 bits per heavy atom. The van der Waals surface area contributed by atoms with Crippen LogP contribution in [-0.2, 0) is 25.6 Å². The first-order valence-corrected chi connectivity index (χ1v) is 8.52. The first-order chi connectivity index (χ1) is 11.2. The number of carbonyl (C=O) groups is 1. The molecule has 0 N–H and O–H groups in total. The van der Waals surface area contributed by atoms with Gasteiger partial charge in [0.2, 0.25) is 0 Å². The standard InChI is InChI=1S/C19H28O4/c1-3-22-18(20)19(13-14-21-2)11-9-17(10-12-19)23-15-16-7-5-4-6-8-16/h4-8,17H,3,9-15H2,1-2H3/t17-,19-. The number of methoxy groups -OCH3 is 1. The van der Waals surface area contributed by atoms with E-state index in [1.54, 1.807) is 7.11 Å². The van der Waals surface area contributed by atoms with Gasteiger partial charge in [-0.15, -0.1) is 0 Å². The summed E-state index contributed by atoms with van der Waals surface area (Å²) < 4.78 is 16.5. The van der Waals surface area contributed by atoms with Crippen LogP contribution in [0.15, 0.2) is 30.3 Å². The van der Waals surface area contributed by atoms with E-state index >= 15 is 0 Å². The van der Waals surface area contributed by atoms with E-state index in [1.165, 1.54) is 5.56 Å². The van der Waals surface area contributed by atoms with Crippen LogP contribution in [0.2, 0.25) is 0 Å². The molecule has 0 saturated heterocycles. The molecule has 1 aliphatic rings. The minimum Gasteiger partial charge on any atom is -0.466 e. The van der Waals surface area contributed by atoms with E-state index in [9.17, 15) is 4.79 Å². The summed E-state index contributed by atoms with van der Waals surface area (Å²) >= 11 is 0. The largest absolute Gasteiger partial charge is 0.466 e. The van der Waals surface area contributed by atoms with Gasteiger partial charge in [0.25, 0.3) is 0 Å². The highest BCUT2D eigenvalue weighted by atomic mass is 16.5. The topological polar surface area (TPSA) is 44.8 Å². The quantitative estimate of drug-likeness (QED) is 0.685. The van der Waals surface area contributed by atoms with Crippen molar-refractivity contribution >= 4 is 5.97 Å². The summed E-state index contributed by atoms with van der Waals surface area (Å²) in [4.78, 5) is 12.4. The summed E-state index contributed by atoms with van der Waals surface area (Å²) in [6.45, 7) is 3.52. The summed E-state index contributed by atoms with van der Waals surface area (Å²) in [6, 6.07) is 10.2. The zero-order valence-electron chi connectivity index (χ0n) is 14.3. The maximum atomic E-state index is 12.4. The molecule has 0 heterocycles. The van der Waals surface area contributed by atoms with Crippen LogP contribution in [0.25, 0.3) is 0 Å². The van der Waals surface area contributed by atoms with Crippen LogP contribution in [0, 0.1) is 5.41 Å². The Hall–Kier alpha value is -1.39. The van der Waals surface area contributed by atoms with E-state index in [0.29, 0.717) is 19.8 Å². The van der Waals surface area contributed by atoms with Gasteiger partial charge in [0.1, 0.15) is 0 Å². The summed E-state index contributed by atoms with van der Waals surface area (Å²) in [5, 5.41) is 0. The number of rotatable bonds is 8. The lowest BCUT2D eigenvalue weighted by atomic mass is 9.71. The fourth-order valence-electron chi connectivity index (χ4n) is 3.24.